The summed E-state index contributed by atoms with van der Waals surface area (Å²) in [5.74, 6) is 0. The zero-order valence-electron chi connectivity index (χ0n) is 11.3. The molecule has 2 rings (SSSR count). The van der Waals surface area contributed by atoms with E-state index in [0.29, 0.717) is 0 Å². The Balaban J connectivity index is 2.53. The van der Waals surface area contributed by atoms with E-state index in [1.54, 1.807) is 0 Å². The standard InChI is InChI=1S/C16H17BrClN/c1-9-5-4-6-12(15(9)17)16(19)13-7-10(2)11(3)8-14(13)18/h4-8,16H,19H2,1-3H3. The third-order valence-electron chi connectivity index (χ3n) is 3.50. The van der Waals surface area contributed by atoms with Gasteiger partial charge in [0.25, 0.3) is 0 Å². The molecule has 2 aromatic rings. The van der Waals surface area contributed by atoms with Crippen molar-refractivity contribution in [3.8, 4) is 0 Å². The lowest BCUT2D eigenvalue weighted by molar-refractivity contribution is 0.861. The van der Waals surface area contributed by atoms with Gasteiger partial charge in [-0.25, -0.2) is 0 Å². The van der Waals surface area contributed by atoms with Crippen molar-refractivity contribution in [1.29, 1.82) is 0 Å². The summed E-state index contributed by atoms with van der Waals surface area (Å²) in [6, 6.07) is 9.95. The van der Waals surface area contributed by atoms with Crippen LogP contribution in [-0.4, -0.2) is 0 Å². The summed E-state index contributed by atoms with van der Waals surface area (Å²) in [5, 5.41) is 0.726. The topological polar surface area (TPSA) is 26.0 Å². The van der Waals surface area contributed by atoms with Crippen molar-refractivity contribution in [3.63, 3.8) is 0 Å². The molecule has 1 unspecified atom stereocenters. The minimum atomic E-state index is -0.221. The summed E-state index contributed by atoms with van der Waals surface area (Å²) in [6.45, 7) is 6.19. The number of aryl methyl sites for hydroxylation is 3. The third kappa shape index (κ3) is 2.86. The first-order valence-electron chi connectivity index (χ1n) is 6.19. The lowest BCUT2D eigenvalue weighted by atomic mass is 9.95. The van der Waals surface area contributed by atoms with Crippen LogP contribution in [0.2, 0.25) is 5.02 Å². The molecule has 3 heteroatoms. The monoisotopic (exact) mass is 337 g/mol. The molecule has 100 valence electrons. The SMILES string of the molecule is Cc1cc(Cl)c(C(N)c2cccc(C)c2Br)cc1C. The molecule has 19 heavy (non-hydrogen) atoms. The van der Waals surface area contributed by atoms with E-state index < -0.39 is 0 Å². The quantitative estimate of drug-likeness (QED) is 0.812. The Morgan fingerprint density at radius 3 is 2.32 bits per heavy atom. The van der Waals surface area contributed by atoms with E-state index in [2.05, 4.69) is 48.8 Å². The van der Waals surface area contributed by atoms with Crippen LogP contribution in [0.3, 0.4) is 0 Å². The number of hydrogen-bond acceptors (Lipinski definition) is 1. The summed E-state index contributed by atoms with van der Waals surface area (Å²) in [5.41, 5.74) is 12.0. The first kappa shape index (κ1) is 14.6. The highest BCUT2D eigenvalue weighted by Crippen LogP contribution is 2.33. The molecule has 0 fully saturated rings. The van der Waals surface area contributed by atoms with Crippen molar-refractivity contribution in [3.05, 3.63) is 67.6 Å². The molecule has 0 aliphatic carbocycles. The molecule has 2 N–H and O–H groups in total. The Kier molecular flexibility index (Phi) is 4.34. The second-order valence-electron chi connectivity index (χ2n) is 4.91. The van der Waals surface area contributed by atoms with E-state index in [9.17, 15) is 0 Å². The molecule has 0 aliphatic heterocycles. The minimum absolute atomic E-state index is 0.221. The molecule has 0 saturated heterocycles. The Bertz CT molecular complexity index is 622. The molecule has 0 saturated carbocycles. The van der Waals surface area contributed by atoms with Gasteiger partial charge in [0.1, 0.15) is 0 Å². The van der Waals surface area contributed by atoms with Crippen molar-refractivity contribution >= 4 is 27.5 Å². The van der Waals surface area contributed by atoms with Gasteiger partial charge in [-0.2, -0.15) is 0 Å². The summed E-state index contributed by atoms with van der Waals surface area (Å²) in [7, 11) is 0. The van der Waals surface area contributed by atoms with Gasteiger partial charge < -0.3 is 5.73 Å². The van der Waals surface area contributed by atoms with E-state index in [-0.39, 0.29) is 6.04 Å². The van der Waals surface area contributed by atoms with Crippen molar-refractivity contribution in [2.24, 2.45) is 5.73 Å². The maximum absolute atomic E-state index is 6.39. The van der Waals surface area contributed by atoms with Crippen LogP contribution in [-0.2, 0) is 0 Å². The highest BCUT2D eigenvalue weighted by Gasteiger charge is 2.16. The molecule has 0 bridgehead atoms. The summed E-state index contributed by atoms with van der Waals surface area (Å²) >= 11 is 9.96. The molecular formula is C16H17BrClN. The molecule has 1 nitrogen and oxygen atoms in total. The van der Waals surface area contributed by atoms with Crippen molar-refractivity contribution in [2.75, 3.05) is 0 Å². The Hall–Kier alpha value is -0.830. The Labute approximate surface area is 127 Å². The fraction of sp³-hybridized carbons (Fsp3) is 0.250. The second kappa shape index (κ2) is 5.66. The van der Waals surface area contributed by atoms with Gasteiger partial charge in [-0.05, 0) is 54.7 Å². The minimum Gasteiger partial charge on any atom is -0.320 e. The molecule has 0 aliphatic rings. The molecule has 0 amide bonds. The number of benzene rings is 2. The van der Waals surface area contributed by atoms with Gasteiger partial charge in [0.15, 0.2) is 0 Å². The maximum Gasteiger partial charge on any atom is 0.0577 e. The number of rotatable bonds is 2. The van der Waals surface area contributed by atoms with Crippen LogP contribution in [0.4, 0.5) is 0 Å². The Morgan fingerprint density at radius 1 is 1.00 bits per heavy atom. The highest BCUT2D eigenvalue weighted by molar-refractivity contribution is 9.10. The van der Waals surface area contributed by atoms with Crippen LogP contribution in [0.15, 0.2) is 34.8 Å². The van der Waals surface area contributed by atoms with Gasteiger partial charge >= 0.3 is 0 Å². The van der Waals surface area contributed by atoms with Crippen LogP contribution >= 0.6 is 27.5 Å². The number of hydrogen-bond donors (Lipinski definition) is 1. The van der Waals surface area contributed by atoms with Gasteiger partial charge in [-0.1, -0.05) is 51.8 Å². The molecule has 0 spiro atoms. The van der Waals surface area contributed by atoms with Crippen LogP contribution in [0, 0.1) is 20.8 Å². The fourth-order valence-corrected chi connectivity index (χ4v) is 2.97. The number of halogens is 2. The van der Waals surface area contributed by atoms with Crippen LogP contribution in [0.25, 0.3) is 0 Å². The molecule has 0 radical (unpaired) electrons. The highest BCUT2D eigenvalue weighted by atomic mass is 79.9. The van der Waals surface area contributed by atoms with Gasteiger partial charge in [-0.15, -0.1) is 0 Å². The predicted octanol–water partition coefficient (Wildman–Crippen LogP) is 5.08. The first-order chi connectivity index (χ1) is 8.91. The second-order valence-corrected chi connectivity index (χ2v) is 6.11. The third-order valence-corrected chi connectivity index (χ3v) is 4.92. The smallest absolute Gasteiger partial charge is 0.0577 e. The van der Waals surface area contributed by atoms with E-state index in [1.165, 1.54) is 16.7 Å². The van der Waals surface area contributed by atoms with Crippen molar-refractivity contribution in [1.82, 2.24) is 0 Å². The summed E-state index contributed by atoms with van der Waals surface area (Å²) in [6.07, 6.45) is 0. The number of nitrogens with two attached hydrogens (primary N) is 1. The largest absolute Gasteiger partial charge is 0.320 e. The van der Waals surface area contributed by atoms with Crippen molar-refractivity contribution in [2.45, 2.75) is 26.8 Å². The van der Waals surface area contributed by atoms with E-state index in [1.807, 2.05) is 18.2 Å². The molecule has 1 atom stereocenters. The lowest BCUT2D eigenvalue weighted by Gasteiger charge is -2.18. The molecule has 0 aromatic heterocycles. The molecular weight excluding hydrogens is 322 g/mol. The molecule has 0 heterocycles. The fourth-order valence-electron chi connectivity index (χ4n) is 2.12. The van der Waals surface area contributed by atoms with Gasteiger partial charge in [0.2, 0.25) is 0 Å². The zero-order valence-corrected chi connectivity index (χ0v) is 13.6. The maximum atomic E-state index is 6.39. The predicted molar refractivity (Wildman–Crippen MR) is 85.8 cm³/mol. The van der Waals surface area contributed by atoms with Crippen molar-refractivity contribution < 1.29 is 0 Å². The lowest BCUT2D eigenvalue weighted by Crippen LogP contribution is -2.14. The average Bonchev–Trinajstić information content (AvgIpc) is 2.36. The summed E-state index contributed by atoms with van der Waals surface area (Å²) in [4.78, 5) is 0. The van der Waals surface area contributed by atoms with Crippen LogP contribution in [0.1, 0.15) is 33.9 Å². The van der Waals surface area contributed by atoms with E-state index >= 15 is 0 Å². The average molecular weight is 339 g/mol. The first-order valence-corrected chi connectivity index (χ1v) is 7.36. The zero-order chi connectivity index (χ0) is 14.2. The van der Waals surface area contributed by atoms with Crippen LogP contribution < -0.4 is 5.73 Å². The summed E-state index contributed by atoms with van der Waals surface area (Å²) < 4.78 is 1.05. The Morgan fingerprint density at radius 2 is 1.63 bits per heavy atom. The molecule has 2 aromatic carbocycles. The van der Waals surface area contributed by atoms with E-state index in [4.69, 9.17) is 17.3 Å². The van der Waals surface area contributed by atoms with Gasteiger partial charge in [-0.3, -0.25) is 0 Å². The van der Waals surface area contributed by atoms with Gasteiger partial charge in [0, 0.05) is 9.50 Å². The van der Waals surface area contributed by atoms with E-state index in [0.717, 1.165) is 20.6 Å². The van der Waals surface area contributed by atoms with Crippen LogP contribution in [0.5, 0.6) is 0 Å². The normalized spacial score (nSPS) is 12.5. The van der Waals surface area contributed by atoms with Gasteiger partial charge in [0.05, 0.1) is 6.04 Å².